The molecule has 16 heavy (non-hydrogen) atoms. The molecule has 4 heteroatoms. The van der Waals surface area contributed by atoms with Crippen LogP contribution in [0.1, 0.15) is 47.0 Å². The summed E-state index contributed by atoms with van der Waals surface area (Å²) in [7, 11) is 0. The monoisotopic (exact) mass is 233 g/mol. The lowest BCUT2D eigenvalue weighted by Crippen LogP contribution is -2.65. The molecular formula is C12H27NO3. The molecule has 4 atom stereocenters. The van der Waals surface area contributed by atoms with Crippen molar-refractivity contribution in [2.24, 2.45) is 11.7 Å². The predicted molar refractivity (Wildman–Crippen MR) is 65.0 cm³/mol. The van der Waals surface area contributed by atoms with Gasteiger partial charge >= 0.3 is 0 Å². The normalized spacial score (nSPS) is 23.2. The van der Waals surface area contributed by atoms with Crippen LogP contribution >= 0.6 is 0 Å². The highest BCUT2D eigenvalue weighted by Crippen LogP contribution is 2.30. The van der Waals surface area contributed by atoms with Crippen LogP contribution in [0.15, 0.2) is 0 Å². The van der Waals surface area contributed by atoms with Gasteiger partial charge in [-0.15, -0.1) is 0 Å². The zero-order chi connectivity index (χ0) is 12.9. The van der Waals surface area contributed by atoms with E-state index >= 15 is 0 Å². The van der Waals surface area contributed by atoms with Crippen molar-refractivity contribution < 1.29 is 15.3 Å². The standard InChI is InChI=1S/C12H27NO3/c1-5-9(14)8(4)12(13,10(15)6-2)11(16)7-3/h8-11,14-16H,5-7,13H2,1-4H3. The predicted octanol–water partition coefficient (Wildman–Crippen LogP) is 0.633. The molecular weight excluding hydrogens is 206 g/mol. The molecule has 0 fully saturated rings. The Morgan fingerprint density at radius 2 is 1.31 bits per heavy atom. The quantitative estimate of drug-likeness (QED) is 0.519. The maximum Gasteiger partial charge on any atom is 0.0746 e. The molecule has 0 aliphatic rings. The highest BCUT2D eigenvalue weighted by molar-refractivity contribution is 5.02. The first-order valence-corrected chi connectivity index (χ1v) is 6.19. The van der Waals surface area contributed by atoms with E-state index in [4.69, 9.17) is 5.73 Å². The van der Waals surface area contributed by atoms with E-state index in [0.717, 1.165) is 0 Å². The van der Waals surface area contributed by atoms with E-state index in [1.807, 2.05) is 20.8 Å². The minimum atomic E-state index is -1.14. The highest BCUT2D eigenvalue weighted by Gasteiger charge is 2.46. The minimum absolute atomic E-state index is 0.345. The molecule has 4 unspecified atom stereocenters. The van der Waals surface area contributed by atoms with Crippen LogP contribution in [0.5, 0.6) is 0 Å². The molecule has 0 aliphatic heterocycles. The maximum atomic E-state index is 10.00. The molecule has 0 aliphatic carbocycles. The first-order chi connectivity index (χ1) is 7.35. The molecule has 0 aromatic heterocycles. The Morgan fingerprint density at radius 1 is 0.938 bits per heavy atom. The van der Waals surface area contributed by atoms with E-state index in [2.05, 4.69) is 0 Å². The van der Waals surface area contributed by atoms with Gasteiger partial charge < -0.3 is 21.1 Å². The molecule has 4 nitrogen and oxygen atoms in total. The maximum absolute atomic E-state index is 10.00. The van der Waals surface area contributed by atoms with E-state index in [1.165, 1.54) is 0 Å². The Morgan fingerprint density at radius 3 is 1.56 bits per heavy atom. The number of nitrogens with two attached hydrogens (primary N) is 1. The summed E-state index contributed by atoms with van der Waals surface area (Å²) in [6, 6.07) is 0. The van der Waals surface area contributed by atoms with Crippen molar-refractivity contribution in [1.82, 2.24) is 0 Å². The van der Waals surface area contributed by atoms with Gasteiger partial charge in [0.05, 0.1) is 23.9 Å². The zero-order valence-electron chi connectivity index (χ0n) is 10.8. The Kier molecular flexibility index (Phi) is 6.48. The molecule has 0 radical (unpaired) electrons. The SMILES string of the molecule is CCC(O)C(C)C(N)(C(O)CC)C(O)CC. The van der Waals surface area contributed by atoms with Gasteiger partial charge in [0.2, 0.25) is 0 Å². The van der Waals surface area contributed by atoms with Crippen molar-refractivity contribution in [2.45, 2.75) is 70.8 Å². The van der Waals surface area contributed by atoms with Crippen molar-refractivity contribution in [2.75, 3.05) is 0 Å². The number of hydrogen-bond acceptors (Lipinski definition) is 4. The molecule has 0 heterocycles. The van der Waals surface area contributed by atoms with E-state index in [0.29, 0.717) is 19.3 Å². The fraction of sp³-hybridized carbons (Fsp3) is 1.00. The van der Waals surface area contributed by atoms with Crippen molar-refractivity contribution in [1.29, 1.82) is 0 Å². The second-order valence-electron chi connectivity index (χ2n) is 4.61. The number of aliphatic hydroxyl groups is 3. The third kappa shape index (κ3) is 2.94. The van der Waals surface area contributed by atoms with E-state index in [9.17, 15) is 15.3 Å². The van der Waals surface area contributed by atoms with Gasteiger partial charge in [-0.25, -0.2) is 0 Å². The lowest BCUT2D eigenvalue weighted by molar-refractivity contribution is -0.0741. The van der Waals surface area contributed by atoms with Gasteiger partial charge in [-0.05, 0) is 19.3 Å². The largest absolute Gasteiger partial charge is 0.393 e. The summed E-state index contributed by atoms with van der Waals surface area (Å²) in [5, 5.41) is 29.8. The van der Waals surface area contributed by atoms with E-state index in [-0.39, 0.29) is 5.92 Å². The molecule has 0 saturated carbocycles. The Balaban J connectivity index is 5.06. The number of rotatable bonds is 7. The molecule has 0 aromatic rings. The first-order valence-electron chi connectivity index (χ1n) is 6.19. The minimum Gasteiger partial charge on any atom is -0.393 e. The summed E-state index contributed by atoms with van der Waals surface area (Å²) in [4.78, 5) is 0. The molecule has 5 N–H and O–H groups in total. The molecule has 0 amide bonds. The fourth-order valence-corrected chi connectivity index (χ4v) is 2.22. The van der Waals surface area contributed by atoms with Crippen molar-refractivity contribution >= 4 is 0 Å². The van der Waals surface area contributed by atoms with Crippen molar-refractivity contribution in [3.8, 4) is 0 Å². The molecule has 0 bridgehead atoms. The highest BCUT2D eigenvalue weighted by atomic mass is 16.3. The lowest BCUT2D eigenvalue weighted by Gasteiger charge is -2.44. The van der Waals surface area contributed by atoms with Gasteiger partial charge in [0.1, 0.15) is 0 Å². The number of aliphatic hydroxyl groups excluding tert-OH is 3. The van der Waals surface area contributed by atoms with Crippen LogP contribution in [0.25, 0.3) is 0 Å². The number of hydrogen-bond donors (Lipinski definition) is 4. The third-order valence-electron chi connectivity index (χ3n) is 3.71. The van der Waals surface area contributed by atoms with Crippen LogP contribution < -0.4 is 5.73 Å². The van der Waals surface area contributed by atoms with Crippen molar-refractivity contribution in [3.05, 3.63) is 0 Å². The lowest BCUT2D eigenvalue weighted by atomic mass is 9.72. The van der Waals surface area contributed by atoms with Crippen LogP contribution in [0.4, 0.5) is 0 Å². The van der Waals surface area contributed by atoms with Gasteiger partial charge in [-0.2, -0.15) is 0 Å². The fourth-order valence-electron chi connectivity index (χ4n) is 2.22. The van der Waals surface area contributed by atoms with Crippen LogP contribution in [0.2, 0.25) is 0 Å². The van der Waals surface area contributed by atoms with E-state index < -0.39 is 23.9 Å². The second kappa shape index (κ2) is 6.55. The van der Waals surface area contributed by atoms with Crippen LogP contribution in [0.3, 0.4) is 0 Å². The van der Waals surface area contributed by atoms with Gasteiger partial charge in [-0.3, -0.25) is 0 Å². The van der Waals surface area contributed by atoms with Gasteiger partial charge in [0.25, 0.3) is 0 Å². The zero-order valence-corrected chi connectivity index (χ0v) is 10.8. The summed E-state index contributed by atoms with van der Waals surface area (Å²) in [6.45, 7) is 7.28. The smallest absolute Gasteiger partial charge is 0.0746 e. The molecule has 0 saturated heterocycles. The topological polar surface area (TPSA) is 86.7 Å². The van der Waals surface area contributed by atoms with Gasteiger partial charge in [-0.1, -0.05) is 27.7 Å². The average Bonchev–Trinajstić information content (AvgIpc) is 2.33. The second-order valence-corrected chi connectivity index (χ2v) is 4.61. The summed E-state index contributed by atoms with van der Waals surface area (Å²) >= 11 is 0. The molecule has 0 aromatic carbocycles. The Hall–Kier alpha value is -0.160. The Bertz CT molecular complexity index is 189. The molecule has 0 rings (SSSR count). The summed E-state index contributed by atoms with van der Waals surface area (Å²) < 4.78 is 0. The third-order valence-corrected chi connectivity index (χ3v) is 3.71. The molecule has 98 valence electrons. The van der Waals surface area contributed by atoms with E-state index in [1.54, 1.807) is 6.92 Å². The summed E-state index contributed by atoms with van der Waals surface area (Å²) in [5.74, 6) is -0.345. The van der Waals surface area contributed by atoms with Crippen LogP contribution in [-0.2, 0) is 0 Å². The Labute approximate surface area is 98.5 Å². The van der Waals surface area contributed by atoms with Gasteiger partial charge in [0.15, 0.2) is 0 Å². The summed E-state index contributed by atoms with van der Waals surface area (Å²) in [5.41, 5.74) is 5.03. The average molecular weight is 233 g/mol. The first kappa shape index (κ1) is 15.8. The summed E-state index contributed by atoms with van der Waals surface area (Å²) in [6.07, 6.45) is -0.722. The van der Waals surface area contributed by atoms with Crippen molar-refractivity contribution in [3.63, 3.8) is 0 Å². The van der Waals surface area contributed by atoms with Crippen LogP contribution in [-0.4, -0.2) is 39.2 Å². The molecule has 0 spiro atoms. The van der Waals surface area contributed by atoms with Gasteiger partial charge in [0, 0.05) is 5.92 Å². The van der Waals surface area contributed by atoms with Crippen LogP contribution in [0, 0.1) is 5.92 Å².